The molecule has 0 bridgehead atoms. The van der Waals surface area contributed by atoms with E-state index < -0.39 is 0 Å². The summed E-state index contributed by atoms with van der Waals surface area (Å²) >= 11 is 0. The van der Waals surface area contributed by atoms with Crippen molar-refractivity contribution in [1.29, 1.82) is 0 Å². The van der Waals surface area contributed by atoms with Crippen molar-refractivity contribution in [2.24, 2.45) is 0 Å². The second-order valence-corrected chi connectivity index (χ2v) is 6.90. The minimum absolute atomic E-state index is 0.00738. The number of rotatable bonds is 4. The fourth-order valence-electron chi connectivity index (χ4n) is 3.29. The average Bonchev–Trinajstić information content (AvgIpc) is 2.79. The van der Waals surface area contributed by atoms with Gasteiger partial charge in [0.1, 0.15) is 0 Å². The van der Waals surface area contributed by atoms with Gasteiger partial charge in [0.05, 0.1) is 5.60 Å². The number of piperazine rings is 1. The SMILES string of the molecule is COC(C)(C)CCN1CC2(CCCC2)NCC1C. The first-order chi connectivity index (χ1) is 8.46. The summed E-state index contributed by atoms with van der Waals surface area (Å²) in [7, 11) is 1.82. The van der Waals surface area contributed by atoms with Crippen LogP contribution in [-0.4, -0.2) is 48.8 Å². The average molecular weight is 254 g/mol. The first-order valence-electron chi connectivity index (χ1n) is 7.51. The number of nitrogens with one attached hydrogen (secondary N) is 1. The lowest BCUT2D eigenvalue weighted by Gasteiger charge is -2.46. The summed E-state index contributed by atoms with van der Waals surface area (Å²) < 4.78 is 5.54. The highest BCUT2D eigenvalue weighted by Gasteiger charge is 2.39. The molecule has 0 aromatic rings. The molecule has 1 atom stereocenters. The van der Waals surface area contributed by atoms with E-state index in [1.807, 2.05) is 7.11 Å². The molecule has 1 aliphatic heterocycles. The van der Waals surface area contributed by atoms with Gasteiger partial charge in [-0.3, -0.25) is 4.90 Å². The molecule has 3 heteroatoms. The van der Waals surface area contributed by atoms with Crippen molar-refractivity contribution in [2.75, 3.05) is 26.7 Å². The van der Waals surface area contributed by atoms with Gasteiger partial charge in [0, 0.05) is 38.3 Å². The molecule has 2 rings (SSSR count). The minimum Gasteiger partial charge on any atom is -0.379 e. The Balaban J connectivity index is 1.90. The van der Waals surface area contributed by atoms with Crippen molar-refractivity contribution in [2.45, 2.75) is 70.1 Å². The molecule has 0 radical (unpaired) electrons. The van der Waals surface area contributed by atoms with Gasteiger partial charge in [0.2, 0.25) is 0 Å². The lowest BCUT2D eigenvalue weighted by Crippen LogP contribution is -2.62. The molecule has 0 amide bonds. The minimum atomic E-state index is 0.00738. The molecule has 1 saturated carbocycles. The van der Waals surface area contributed by atoms with Crippen molar-refractivity contribution in [3.8, 4) is 0 Å². The molecule has 18 heavy (non-hydrogen) atoms. The van der Waals surface area contributed by atoms with E-state index in [4.69, 9.17) is 4.74 Å². The third-order valence-electron chi connectivity index (χ3n) is 5.02. The van der Waals surface area contributed by atoms with Gasteiger partial charge >= 0.3 is 0 Å². The van der Waals surface area contributed by atoms with E-state index in [-0.39, 0.29) is 5.60 Å². The highest BCUT2D eigenvalue weighted by atomic mass is 16.5. The van der Waals surface area contributed by atoms with E-state index >= 15 is 0 Å². The van der Waals surface area contributed by atoms with Crippen LogP contribution in [0.4, 0.5) is 0 Å². The standard InChI is InChI=1S/C15H30N2O/c1-13-11-16-15(7-5-6-8-15)12-17(13)10-9-14(2,3)18-4/h13,16H,5-12H2,1-4H3. The first kappa shape index (κ1) is 14.3. The number of hydrogen-bond acceptors (Lipinski definition) is 3. The molecule has 2 aliphatic rings. The molecule has 1 heterocycles. The van der Waals surface area contributed by atoms with Crippen LogP contribution in [0.5, 0.6) is 0 Å². The lowest BCUT2D eigenvalue weighted by molar-refractivity contribution is -0.00403. The topological polar surface area (TPSA) is 24.5 Å². The first-order valence-corrected chi connectivity index (χ1v) is 7.51. The van der Waals surface area contributed by atoms with Gasteiger partial charge in [-0.25, -0.2) is 0 Å². The zero-order valence-electron chi connectivity index (χ0n) is 12.6. The summed E-state index contributed by atoms with van der Waals surface area (Å²) in [6, 6.07) is 0.656. The van der Waals surface area contributed by atoms with E-state index in [0.717, 1.165) is 19.5 Å². The molecule has 3 nitrogen and oxygen atoms in total. The molecular weight excluding hydrogens is 224 g/mol. The van der Waals surface area contributed by atoms with Crippen molar-refractivity contribution < 1.29 is 4.74 Å². The second-order valence-electron chi connectivity index (χ2n) is 6.90. The Kier molecular flexibility index (Phi) is 4.35. The van der Waals surface area contributed by atoms with Gasteiger partial charge in [-0.05, 0) is 40.0 Å². The highest BCUT2D eigenvalue weighted by molar-refractivity contribution is 5.00. The van der Waals surface area contributed by atoms with Crippen LogP contribution in [0.2, 0.25) is 0 Å². The monoisotopic (exact) mass is 254 g/mol. The van der Waals surface area contributed by atoms with Crippen molar-refractivity contribution in [3.05, 3.63) is 0 Å². The molecule has 2 fully saturated rings. The number of hydrogen-bond donors (Lipinski definition) is 1. The molecular formula is C15H30N2O. The van der Waals surface area contributed by atoms with Crippen LogP contribution in [0, 0.1) is 0 Å². The van der Waals surface area contributed by atoms with Crippen LogP contribution in [0.3, 0.4) is 0 Å². The van der Waals surface area contributed by atoms with Crippen LogP contribution in [0.25, 0.3) is 0 Å². The highest BCUT2D eigenvalue weighted by Crippen LogP contribution is 2.33. The lowest BCUT2D eigenvalue weighted by atomic mass is 9.92. The molecule has 1 aliphatic carbocycles. The molecule has 1 saturated heterocycles. The van der Waals surface area contributed by atoms with Crippen LogP contribution >= 0.6 is 0 Å². The second kappa shape index (κ2) is 5.48. The van der Waals surface area contributed by atoms with E-state index in [9.17, 15) is 0 Å². The number of nitrogens with zero attached hydrogens (tertiary/aromatic N) is 1. The van der Waals surface area contributed by atoms with E-state index in [2.05, 4.69) is 31.0 Å². The Labute approximate surface area is 112 Å². The smallest absolute Gasteiger partial charge is 0.0634 e. The maximum absolute atomic E-state index is 5.54. The van der Waals surface area contributed by atoms with Crippen LogP contribution in [0.1, 0.15) is 52.9 Å². The number of ether oxygens (including phenoxy) is 1. The van der Waals surface area contributed by atoms with Gasteiger partial charge in [0.25, 0.3) is 0 Å². The molecule has 0 aromatic carbocycles. The Bertz CT molecular complexity index is 272. The predicted octanol–water partition coefficient (Wildman–Crippen LogP) is 2.41. The maximum Gasteiger partial charge on any atom is 0.0634 e. The fraction of sp³-hybridized carbons (Fsp3) is 1.00. The summed E-state index contributed by atoms with van der Waals surface area (Å²) in [5.74, 6) is 0. The van der Waals surface area contributed by atoms with Crippen molar-refractivity contribution in [1.82, 2.24) is 10.2 Å². The fourth-order valence-corrected chi connectivity index (χ4v) is 3.29. The third-order valence-corrected chi connectivity index (χ3v) is 5.02. The molecule has 1 N–H and O–H groups in total. The number of methoxy groups -OCH3 is 1. The zero-order chi connectivity index (χ0) is 13.2. The Hall–Kier alpha value is -0.120. The van der Waals surface area contributed by atoms with Crippen LogP contribution < -0.4 is 5.32 Å². The normalized spacial score (nSPS) is 29.0. The largest absolute Gasteiger partial charge is 0.379 e. The van der Waals surface area contributed by atoms with Gasteiger partial charge in [-0.1, -0.05) is 12.8 Å². The van der Waals surface area contributed by atoms with E-state index in [0.29, 0.717) is 11.6 Å². The Morgan fingerprint density at radius 3 is 2.61 bits per heavy atom. The Morgan fingerprint density at radius 2 is 2.00 bits per heavy atom. The Morgan fingerprint density at radius 1 is 1.33 bits per heavy atom. The summed E-state index contributed by atoms with van der Waals surface area (Å²) in [4.78, 5) is 2.67. The van der Waals surface area contributed by atoms with Crippen LogP contribution in [-0.2, 0) is 4.74 Å². The van der Waals surface area contributed by atoms with E-state index in [1.165, 1.54) is 32.2 Å². The van der Waals surface area contributed by atoms with Gasteiger partial charge < -0.3 is 10.1 Å². The van der Waals surface area contributed by atoms with Gasteiger partial charge in [-0.2, -0.15) is 0 Å². The summed E-state index contributed by atoms with van der Waals surface area (Å²) in [5, 5.41) is 3.81. The molecule has 1 unspecified atom stereocenters. The molecule has 1 spiro atoms. The summed E-state index contributed by atoms with van der Waals surface area (Å²) in [6.45, 7) is 10.2. The van der Waals surface area contributed by atoms with Gasteiger partial charge in [-0.15, -0.1) is 0 Å². The zero-order valence-corrected chi connectivity index (χ0v) is 12.6. The summed E-state index contributed by atoms with van der Waals surface area (Å²) in [5.41, 5.74) is 0.442. The molecule has 0 aromatic heterocycles. The molecule has 106 valence electrons. The predicted molar refractivity (Wildman–Crippen MR) is 75.9 cm³/mol. The van der Waals surface area contributed by atoms with E-state index in [1.54, 1.807) is 0 Å². The summed E-state index contributed by atoms with van der Waals surface area (Å²) in [6.07, 6.45) is 6.65. The van der Waals surface area contributed by atoms with Crippen molar-refractivity contribution >= 4 is 0 Å². The quantitative estimate of drug-likeness (QED) is 0.834. The van der Waals surface area contributed by atoms with Crippen LogP contribution in [0.15, 0.2) is 0 Å². The third kappa shape index (κ3) is 3.25. The van der Waals surface area contributed by atoms with Crippen molar-refractivity contribution in [3.63, 3.8) is 0 Å². The maximum atomic E-state index is 5.54. The van der Waals surface area contributed by atoms with Gasteiger partial charge in [0.15, 0.2) is 0 Å².